The maximum Gasteiger partial charge on any atom is 0.219 e. The van der Waals surface area contributed by atoms with E-state index in [1.807, 2.05) is 6.26 Å². The number of rotatable bonds is 2. The van der Waals surface area contributed by atoms with Crippen LogP contribution in [0.3, 0.4) is 0 Å². The number of ether oxygens (including phenoxy) is 2. The minimum Gasteiger partial charge on any atom is -0.476 e. The molecule has 0 amide bonds. The average Bonchev–Trinajstić information content (AvgIpc) is 1.84. The van der Waals surface area contributed by atoms with Crippen LogP contribution in [0.15, 0.2) is 0 Å². The van der Waals surface area contributed by atoms with E-state index in [0.29, 0.717) is 17.1 Å². The zero-order valence-corrected chi connectivity index (χ0v) is 7.46. The minimum atomic E-state index is 0.296. The molecule has 1 aliphatic heterocycles. The van der Waals surface area contributed by atoms with Crippen molar-refractivity contribution in [1.82, 2.24) is 0 Å². The standard InChI is InChI=1S/C6H10O2S2/c1-10-6(9)8-4-5-2-3-7-5/h5H,2-4H2,1H3. The van der Waals surface area contributed by atoms with Crippen molar-refractivity contribution in [2.75, 3.05) is 19.5 Å². The Balaban J connectivity index is 1.98. The normalized spacial score (nSPS) is 23.5. The van der Waals surface area contributed by atoms with Crippen LogP contribution in [0, 0.1) is 0 Å². The Morgan fingerprint density at radius 1 is 1.90 bits per heavy atom. The molecule has 1 atom stereocenters. The second kappa shape index (κ2) is 4.16. The van der Waals surface area contributed by atoms with Crippen molar-refractivity contribution in [3.05, 3.63) is 0 Å². The summed E-state index contributed by atoms with van der Waals surface area (Å²) in [6.45, 7) is 1.50. The van der Waals surface area contributed by atoms with Gasteiger partial charge in [0, 0.05) is 13.0 Å². The van der Waals surface area contributed by atoms with Gasteiger partial charge in [0.1, 0.15) is 6.61 Å². The predicted molar refractivity (Wildman–Crippen MR) is 46.4 cm³/mol. The van der Waals surface area contributed by atoms with Gasteiger partial charge in [-0.1, -0.05) is 11.8 Å². The molecule has 0 aromatic carbocycles. The summed E-state index contributed by atoms with van der Waals surface area (Å²) in [4.78, 5) is 0. The van der Waals surface area contributed by atoms with Gasteiger partial charge in [-0.25, -0.2) is 0 Å². The molecule has 0 aromatic rings. The first-order valence-corrected chi connectivity index (χ1v) is 4.78. The largest absolute Gasteiger partial charge is 0.476 e. The van der Waals surface area contributed by atoms with Gasteiger partial charge >= 0.3 is 0 Å². The zero-order chi connectivity index (χ0) is 7.40. The molecule has 1 rings (SSSR count). The summed E-state index contributed by atoms with van der Waals surface area (Å²) < 4.78 is 10.9. The van der Waals surface area contributed by atoms with Gasteiger partial charge in [0.05, 0.1) is 6.10 Å². The minimum absolute atomic E-state index is 0.296. The first-order valence-electron chi connectivity index (χ1n) is 3.15. The highest BCUT2D eigenvalue weighted by molar-refractivity contribution is 8.22. The molecule has 10 heavy (non-hydrogen) atoms. The van der Waals surface area contributed by atoms with E-state index in [2.05, 4.69) is 0 Å². The van der Waals surface area contributed by atoms with Crippen LogP contribution in [0.5, 0.6) is 0 Å². The lowest BCUT2D eigenvalue weighted by atomic mass is 10.2. The Labute approximate surface area is 70.3 Å². The molecule has 0 saturated carbocycles. The van der Waals surface area contributed by atoms with Crippen LogP contribution in [0.2, 0.25) is 0 Å². The van der Waals surface area contributed by atoms with Gasteiger partial charge in [-0.2, -0.15) is 0 Å². The Kier molecular flexibility index (Phi) is 3.45. The highest BCUT2D eigenvalue weighted by Gasteiger charge is 2.18. The van der Waals surface area contributed by atoms with Crippen molar-refractivity contribution >= 4 is 28.4 Å². The molecule has 0 radical (unpaired) electrons. The van der Waals surface area contributed by atoms with Crippen molar-refractivity contribution < 1.29 is 9.47 Å². The summed E-state index contributed by atoms with van der Waals surface area (Å²) in [6, 6.07) is 0. The van der Waals surface area contributed by atoms with Crippen LogP contribution >= 0.6 is 24.0 Å². The fourth-order valence-corrected chi connectivity index (χ4v) is 0.890. The zero-order valence-electron chi connectivity index (χ0n) is 5.83. The maximum atomic E-state index is 5.16. The van der Waals surface area contributed by atoms with Crippen LogP contribution in [0.1, 0.15) is 6.42 Å². The molecule has 1 heterocycles. The second-order valence-corrected chi connectivity index (χ2v) is 3.45. The van der Waals surface area contributed by atoms with Crippen LogP contribution < -0.4 is 0 Å². The van der Waals surface area contributed by atoms with Crippen molar-refractivity contribution in [3.63, 3.8) is 0 Å². The molecule has 2 nitrogen and oxygen atoms in total. The van der Waals surface area contributed by atoms with Gasteiger partial charge in [-0.15, -0.1) is 0 Å². The second-order valence-electron chi connectivity index (χ2n) is 2.05. The molecule has 1 unspecified atom stereocenters. The Morgan fingerprint density at radius 2 is 2.60 bits per heavy atom. The van der Waals surface area contributed by atoms with Crippen LogP contribution in [-0.2, 0) is 9.47 Å². The third-order valence-corrected chi connectivity index (χ3v) is 2.42. The van der Waals surface area contributed by atoms with Crippen molar-refractivity contribution in [3.8, 4) is 0 Å². The summed E-state index contributed by atoms with van der Waals surface area (Å²) in [6.07, 6.45) is 3.31. The third-order valence-electron chi connectivity index (χ3n) is 1.35. The summed E-state index contributed by atoms with van der Waals surface area (Å²) in [5, 5.41) is 0. The third kappa shape index (κ3) is 2.44. The highest BCUT2D eigenvalue weighted by atomic mass is 32.2. The summed E-state index contributed by atoms with van der Waals surface area (Å²) in [7, 11) is 0. The van der Waals surface area contributed by atoms with E-state index in [1.54, 1.807) is 0 Å². The molecule has 0 aliphatic carbocycles. The molecule has 0 spiro atoms. The predicted octanol–water partition coefficient (Wildman–Crippen LogP) is 1.44. The topological polar surface area (TPSA) is 18.5 Å². The number of hydrogen-bond donors (Lipinski definition) is 0. The molecule has 0 bridgehead atoms. The van der Waals surface area contributed by atoms with E-state index in [0.717, 1.165) is 13.0 Å². The van der Waals surface area contributed by atoms with Crippen LogP contribution in [0.4, 0.5) is 0 Å². The van der Waals surface area contributed by atoms with E-state index in [9.17, 15) is 0 Å². The molecule has 1 fully saturated rings. The lowest BCUT2D eigenvalue weighted by Crippen LogP contribution is -2.31. The fourth-order valence-electron chi connectivity index (χ4n) is 0.636. The van der Waals surface area contributed by atoms with Gasteiger partial charge in [-0.05, 0) is 18.5 Å². The molecule has 0 N–H and O–H groups in total. The maximum absolute atomic E-state index is 5.16. The summed E-state index contributed by atoms with van der Waals surface area (Å²) in [5.74, 6) is 0. The number of hydrogen-bond acceptors (Lipinski definition) is 4. The molecule has 0 aromatic heterocycles. The van der Waals surface area contributed by atoms with Gasteiger partial charge < -0.3 is 9.47 Å². The summed E-state index contributed by atoms with van der Waals surface area (Å²) in [5.41, 5.74) is 0. The first kappa shape index (κ1) is 8.30. The smallest absolute Gasteiger partial charge is 0.219 e. The van der Waals surface area contributed by atoms with E-state index >= 15 is 0 Å². The number of thiocarbonyl (C=S) groups is 1. The van der Waals surface area contributed by atoms with Crippen molar-refractivity contribution in [1.29, 1.82) is 0 Å². The molecule has 58 valence electrons. The molecule has 1 saturated heterocycles. The fraction of sp³-hybridized carbons (Fsp3) is 0.833. The molecule has 1 aliphatic rings. The van der Waals surface area contributed by atoms with E-state index in [4.69, 9.17) is 21.7 Å². The summed E-state index contributed by atoms with van der Waals surface area (Å²) >= 11 is 6.29. The molecule has 4 heteroatoms. The van der Waals surface area contributed by atoms with Crippen LogP contribution in [-0.4, -0.2) is 30.0 Å². The van der Waals surface area contributed by atoms with Crippen molar-refractivity contribution in [2.45, 2.75) is 12.5 Å². The molecular weight excluding hydrogens is 168 g/mol. The van der Waals surface area contributed by atoms with Gasteiger partial charge in [0.15, 0.2) is 0 Å². The van der Waals surface area contributed by atoms with Gasteiger partial charge in [0.2, 0.25) is 4.38 Å². The first-order chi connectivity index (χ1) is 4.83. The Hall–Kier alpha value is 0.200. The van der Waals surface area contributed by atoms with E-state index in [-0.39, 0.29) is 0 Å². The average molecular weight is 178 g/mol. The lowest BCUT2D eigenvalue weighted by molar-refractivity contribution is -0.0732. The van der Waals surface area contributed by atoms with Crippen molar-refractivity contribution in [2.24, 2.45) is 0 Å². The SMILES string of the molecule is CSC(=S)OCC1CCO1. The van der Waals surface area contributed by atoms with E-state index < -0.39 is 0 Å². The monoisotopic (exact) mass is 178 g/mol. The highest BCUT2D eigenvalue weighted by Crippen LogP contribution is 2.12. The lowest BCUT2D eigenvalue weighted by Gasteiger charge is -2.25. The Morgan fingerprint density at radius 3 is 3.00 bits per heavy atom. The Bertz CT molecular complexity index is 123. The van der Waals surface area contributed by atoms with Crippen LogP contribution in [0.25, 0.3) is 0 Å². The van der Waals surface area contributed by atoms with Gasteiger partial charge in [-0.3, -0.25) is 0 Å². The number of thioether (sulfide) groups is 1. The van der Waals surface area contributed by atoms with E-state index in [1.165, 1.54) is 11.8 Å². The molecular formula is C6H10O2S2. The quantitative estimate of drug-likeness (QED) is 0.595. The van der Waals surface area contributed by atoms with Gasteiger partial charge in [0.25, 0.3) is 0 Å².